The number of benzene rings is 1. The predicted octanol–water partition coefficient (Wildman–Crippen LogP) is 1.39. The van der Waals surface area contributed by atoms with Crippen molar-refractivity contribution in [2.24, 2.45) is 11.7 Å². The SMILES string of the molecule is NC(=O)[C@H]1CCC(=O)N(Cc2cccc3cc[nH]c23)C1. The number of fused-ring (bicyclic) bond motifs is 1. The van der Waals surface area contributed by atoms with Gasteiger partial charge >= 0.3 is 0 Å². The van der Waals surface area contributed by atoms with Crippen molar-refractivity contribution in [3.8, 4) is 0 Å². The number of H-pyrrole nitrogens is 1. The number of hydrogen-bond acceptors (Lipinski definition) is 2. The molecular weight excluding hydrogens is 254 g/mol. The maximum absolute atomic E-state index is 12.0. The summed E-state index contributed by atoms with van der Waals surface area (Å²) in [6.45, 7) is 0.936. The van der Waals surface area contributed by atoms with E-state index < -0.39 is 0 Å². The minimum atomic E-state index is -0.319. The molecule has 2 amide bonds. The van der Waals surface area contributed by atoms with E-state index in [0.717, 1.165) is 16.5 Å². The van der Waals surface area contributed by atoms with Crippen LogP contribution in [0.25, 0.3) is 10.9 Å². The normalized spacial score (nSPS) is 19.5. The topological polar surface area (TPSA) is 79.2 Å². The smallest absolute Gasteiger partial charge is 0.222 e. The van der Waals surface area contributed by atoms with Crippen molar-refractivity contribution in [1.82, 2.24) is 9.88 Å². The molecule has 0 aliphatic carbocycles. The third-order valence-electron chi connectivity index (χ3n) is 3.94. The summed E-state index contributed by atoms with van der Waals surface area (Å²) in [5, 5.41) is 1.12. The molecule has 0 bridgehead atoms. The molecule has 0 unspecified atom stereocenters. The van der Waals surface area contributed by atoms with Gasteiger partial charge in [0.15, 0.2) is 0 Å². The molecule has 2 aromatic rings. The maximum Gasteiger partial charge on any atom is 0.222 e. The van der Waals surface area contributed by atoms with Gasteiger partial charge in [-0.1, -0.05) is 18.2 Å². The van der Waals surface area contributed by atoms with E-state index in [1.54, 1.807) is 4.90 Å². The molecule has 2 heterocycles. The van der Waals surface area contributed by atoms with Gasteiger partial charge in [-0.05, 0) is 23.4 Å². The van der Waals surface area contributed by atoms with E-state index in [1.807, 2.05) is 30.5 Å². The number of aromatic amines is 1. The number of hydrogen-bond donors (Lipinski definition) is 2. The minimum Gasteiger partial charge on any atom is -0.369 e. The zero-order valence-electron chi connectivity index (χ0n) is 11.1. The molecule has 1 aliphatic rings. The fourth-order valence-corrected chi connectivity index (χ4v) is 2.79. The highest BCUT2D eigenvalue weighted by atomic mass is 16.2. The number of rotatable bonds is 3. The molecule has 20 heavy (non-hydrogen) atoms. The van der Waals surface area contributed by atoms with Crippen molar-refractivity contribution in [2.75, 3.05) is 6.54 Å². The summed E-state index contributed by atoms with van der Waals surface area (Å²) >= 11 is 0. The van der Waals surface area contributed by atoms with Crippen LogP contribution >= 0.6 is 0 Å². The van der Waals surface area contributed by atoms with Gasteiger partial charge in [0.1, 0.15) is 0 Å². The Labute approximate surface area is 116 Å². The van der Waals surface area contributed by atoms with E-state index >= 15 is 0 Å². The van der Waals surface area contributed by atoms with Crippen LogP contribution in [0.3, 0.4) is 0 Å². The van der Waals surface area contributed by atoms with Crippen molar-refractivity contribution < 1.29 is 9.59 Å². The quantitative estimate of drug-likeness (QED) is 0.884. The highest BCUT2D eigenvalue weighted by Gasteiger charge is 2.29. The first-order chi connectivity index (χ1) is 9.65. The zero-order valence-corrected chi connectivity index (χ0v) is 11.1. The second-order valence-electron chi connectivity index (χ2n) is 5.27. The molecule has 5 nitrogen and oxygen atoms in total. The monoisotopic (exact) mass is 271 g/mol. The first-order valence-electron chi connectivity index (χ1n) is 6.77. The third kappa shape index (κ3) is 2.27. The third-order valence-corrected chi connectivity index (χ3v) is 3.94. The van der Waals surface area contributed by atoms with Gasteiger partial charge in [-0.15, -0.1) is 0 Å². The molecular formula is C15H17N3O2. The summed E-state index contributed by atoms with van der Waals surface area (Å²) in [5.41, 5.74) is 7.46. The van der Waals surface area contributed by atoms with Gasteiger partial charge in [-0.25, -0.2) is 0 Å². The van der Waals surface area contributed by atoms with Crippen LogP contribution in [0.1, 0.15) is 18.4 Å². The number of nitrogens with zero attached hydrogens (tertiary/aromatic N) is 1. The summed E-state index contributed by atoms with van der Waals surface area (Å²) in [5.74, 6) is -0.456. The molecule has 104 valence electrons. The molecule has 0 spiro atoms. The van der Waals surface area contributed by atoms with Crippen LogP contribution in [0.2, 0.25) is 0 Å². The van der Waals surface area contributed by atoms with E-state index in [-0.39, 0.29) is 17.7 Å². The number of primary amides is 1. The van der Waals surface area contributed by atoms with Crippen LogP contribution in [0.15, 0.2) is 30.5 Å². The van der Waals surface area contributed by atoms with E-state index in [4.69, 9.17) is 5.73 Å². The highest BCUT2D eigenvalue weighted by molar-refractivity contribution is 5.85. The van der Waals surface area contributed by atoms with Gasteiger partial charge in [-0.2, -0.15) is 0 Å². The van der Waals surface area contributed by atoms with Crippen LogP contribution in [-0.2, 0) is 16.1 Å². The fraction of sp³-hybridized carbons (Fsp3) is 0.333. The summed E-state index contributed by atoms with van der Waals surface area (Å²) < 4.78 is 0. The number of aromatic nitrogens is 1. The summed E-state index contributed by atoms with van der Waals surface area (Å²) in [4.78, 5) is 28.2. The van der Waals surface area contributed by atoms with Crippen LogP contribution in [-0.4, -0.2) is 28.2 Å². The first kappa shape index (κ1) is 12.7. The van der Waals surface area contributed by atoms with Crippen LogP contribution in [0.4, 0.5) is 0 Å². The Morgan fingerprint density at radius 2 is 2.25 bits per heavy atom. The number of nitrogens with two attached hydrogens (primary N) is 1. The summed E-state index contributed by atoms with van der Waals surface area (Å²) in [6.07, 6.45) is 2.85. The lowest BCUT2D eigenvalue weighted by molar-refractivity contribution is -0.138. The Hall–Kier alpha value is -2.30. The summed E-state index contributed by atoms with van der Waals surface area (Å²) in [6, 6.07) is 8.01. The molecule has 0 saturated carbocycles. The van der Waals surface area contributed by atoms with Crippen molar-refractivity contribution in [3.05, 3.63) is 36.0 Å². The average Bonchev–Trinajstić information content (AvgIpc) is 2.90. The van der Waals surface area contributed by atoms with Gasteiger partial charge in [0, 0.05) is 25.7 Å². The average molecular weight is 271 g/mol. The van der Waals surface area contributed by atoms with E-state index in [0.29, 0.717) is 25.9 Å². The molecule has 1 aliphatic heterocycles. The molecule has 0 radical (unpaired) electrons. The Kier molecular flexibility index (Phi) is 3.18. The second-order valence-corrected chi connectivity index (χ2v) is 5.27. The molecule has 3 N–H and O–H groups in total. The number of likely N-dealkylation sites (tertiary alicyclic amines) is 1. The molecule has 5 heteroatoms. The van der Waals surface area contributed by atoms with Crippen LogP contribution in [0.5, 0.6) is 0 Å². The van der Waals surface area contributed by atoms with Crippen molar-refractivity contribution in [2.45, 2.75) is 19.4 Å². The van der Waals surface area contributed by atoms with Crippen LogP contribution in [0, 0.1) is 5.92 Å². The number of carbonyl (C=O) groups excluding carboxylic acids is 2. The first-order valence-corrected chi connectivity index (χ1v) is 6.77. The lowest BCUT2D eigenvalue weighted by Crippen LogP contribution is -2.43. The Bertz CT molecular complexity index is 662. The molecule has 3 rings (SSSR count). The van der Waals surface area contributed by atoms with Gasteiger partial charge in [0.05, 0.1) is 11.4 Å². The number of nitrogens with one attached hydrogen (secondary N) is 1. The number of carbonyl (C=O) groups is 2. The largest absolute Gasteiger partial charge is 0.369 e. The maximum atomic E-state index is 12.0. The molecule has 1 saturated heterocycles. The lowest BCUT2D eigenvalue weighted by Gasteiger charge is -2.31. The van der Waals surface area contributed by atoms with E-state index in [1.165, 1.54) is 0 Å². The Balaban J connectivity index is 1.84. The highest BCUT2D eigenvalue weighted by Crippen LogP contribution is 2.23. The standard InChI is InChI=1S/C15H17N3O2/c16-15(20)12-4-5-13(19)18(9-12)8-11-3-1-2-10-6-7-17-14(10)11/h1-3,6-7,12,17H,4-5,8-9H2,(H2,16,20)/t12-/m0/s1. The van der Waals surface area contributed by atoms with Gasteiger partial charge < -0.3 is 15.6 Å². The lowest BCUT2D eigenvalue weighted by atomic mass is 9.96. The number of amides is 2. The molecule has 1 fully saturated rings. The summed E-state index contributed by atoms with van der Waals surface area (Å²) in [7, 11) is 0. The minimum absolute atomic E-state index is 0.0889. The van der Waals surface area contributed by atoms with Crippen LogP contribution < -0.4 is 5.73 Å². The molecule has 1 aromatic carbocycles. The van der Waals surface area contributed by atoms with E-state index in [9.17, 15) is 9.59 Å². The van der Waals surface area contributed by atoms with Crippen molar-refractivity contribution >= 4 is 22.7 Å². The van der Waals surface area contributed by atoms with Crippen molar-refractivity contribution in [1.29, 1.82) is 0 Å². The van der Waals surface area contributed by atoms with Gasteiger partial charge in [-0.3, -0.25) is 9.59 Å². The molecule has 1 aromatic heterocycles. The van der Waals surface area contributed by atoms with Gasteiger partial charge in [0.2, 0.25) is 11.8 Å². The number of para-hydroxylation sites is 1. The van der Waals surface area contributed by atoms with Gasteiger partial charge in [0.25, 0.3) is 0 Å². The van der Waals surface area contributed by atoms with Crippen molar-refractivity contribution in [3.63, 3.8) is 0 Å². The predicted molar refractivity (Wildman–Crippen MR) is 75.6 cm³/mol. The fourth-order valence-electron chi connectivity index (χ4n) is 2.79. The number of piperidine rings is 1. The molecule has 1 atom stereocenters. The second kappa shape index (κ2) is 5.00. The Morgan fingerprint density at radius 3 is 3.05 bits per heavy atom. The Morgan fingerprint density at radius 1 is 1.40 bits per heavy atom. The van der Waals surface area contributed by atoms with E-state index in [2.05, 4.69) is 4.98 Å². The zero-order chi connectivity index (χ0) is 14.1.